The quantitative estimate of drug-likeness (QED) is 0.219. The second-order valence-electron chi connectivity index (χ2n) is 8.00. The zero-order chi connectivity index (χ0) is 25.2. The number of rotatable bonds is 9. The zero-order valence-corrected chi connectivity index (χ0v) is 20.6. The molecule has 0 aromatic heterocycles. The van der Waals surface area contributed by atoms with Gasteiger partial charge in [-0.15, -0.1) is 6.58 Å². The fourth-order valence-electron chi connectivity index (χ4n) is 3.43. The van der Waals surface area contributed by atoms with Gasteiger partial charge in [0.15, 0.2) is 0 Å². The Bertz CT molecular complexity index is 837. The molecule has 0 bridgehead atoms. The van der Waals surface area contributed by atoms with Crippen LogP contribution in [0.1, 0.15) is 24.0 Å². The lowest BCUT2D eigenvalue weighted by Gasteiger charge is -2.22. The van der Waals surface area contributed by atoms with Crippen LogP contribution in [-0.4, -0.2) is 42.6 Å². The number of nitrogens with zero attached hydrogens (tertiary/aromatic N) is 2. The van der Waals surface area contributed by atoms with Crippen molar-refractivity contribution < 1.29 is 0 Å². The molecule has 0 saturated carbocycles. The van der Waals surface area contributed by atoms with Gasteiger partial charge in [0.2, 0.25) is 0 Å². The number of nitrogens with one attached hydrogen (secondary N) is 1. The zero-order valence-electron chi connectivity index (χ0n) is 20.6. The maximum atomic E-state index is 5.48. The van der Waals surface area contributed by atoms with Gasteiger partial charge in [-0.25, -0.2) is 5.84 Å². The Hall–Kier alpha value is -3.10. The largest absolute Gasteiger partial charge is 0.403 e. The summed E-state index contributed by atoms with van der Waals surface area (Å²) in [5.74, 6) is 5.48. The van der Waals surface area contributed by atoms with Crippen molar-refractivity contribution in [2.75, 3.05) is 26.7 Å². The van der Waals surface area contributed by atoms with Gasteiger partial charge in [0.1, 0.15) is 0 Å². The van der Waals surface area contributed by atoms with Crippen molar-refractivity contribution in [1.82, 2.24) is 15.2 Å². The minimum atomic E-state index is 0.348. The van der Waals surface area contributed by atoms with Crippen LogP contribution in [-0.2, 0) is 13.1 Å². The summed E-state index contributed by atoms with van der Waals surface area (Å²) in [4.78, 5) is 2.38. The highest BCUT2D eigenvalue weighted by atomic mass is 15.4. The van der Waals surface area contributed by atoms with Crippen molar-refractivity contribution >= 4 is 0 Å². The molecule has 9 N–H and O–H groups in total. The summed E-state index contributed by atoms with van der Waals surface area (Å²) in [6.07, 6.45) is 5.59. The Balaban J connectivity index is 0.000000277. The predicted molar refractivity (Wildman–Crippen MR) is 145 cm³/mol. The predicted octanol–water partition coefficient (Wildman–Crippen LogP) is 2.64. The lowest BCUT2D eigenvalue weighted by Crippen LogP contribution is -2.34. The van der Waals surface area contributed by atoms with Crippen LogP contribution in [0.3, 0.4) is 0 Å². The van der Waals surface area contributed by atoms with Crippen LogP contribution in [0.5, 0.6) is 0 Å². The molecule has 0 amide bonds. The van der Waals surface area contributed by atoms with E-state index >= 15 is 0 Å². The average molecular weight is 466 g/mol. The first-order valence-corrected chi connectivity index (χ1v) is 11.6. The second kappa shape index (κ2) is 17.4. The van der Waals surface area contributed by atoms with Crippen molar-refractivity contribution in [3.8, 4) is 0 Å². The minimum Gasteiger partial charge on any atom is -0.403 e. The summed E-state index contributed by atoms with van der Waals surface area (Å²) in [5, 5.41) is 4.89. The second-order valence-corrected chi connectivity index (χ2v) is 8.00. The number of likely N-dealkylation sites (N-methyl/N-ethyl adjacent to an activating group) is 1. The van der Waals surface area contributed by atoms with Gasteiger partial charge in [-0.1, -0.05) is 73.3 Å². The van der Waals surface area contributed by atoms with E-state index in [0.717, 1.165) is 12.2 Å². The molecule has 34 heavy (non-hydrogen) atoms. The van der Waals surface area contributed by atoms with Crippen molar-refractivity contribution in [2.45, 2.75) is 32.0 Å². The van der Waals surface area contributed by atoms with Crippen LogP contribution in [0, 0.1) is 0 Å². The first-order chi connectivity index (χ1) is 16.5. The Morgan fingerprint density at radius 1 is 1.09 bits per heavy atom. The van der Waals surface area contributed by atoms with E-state index in [4.69, 9.17) is 23.0 Å². The van der Waals surface area contributed by atoms with Gasteiger partial charge in [0.25, 0.3) is 0 Å². The van der Waals surface area contributed by atoms with Gasteiger partial charge in [-0.3, -0.25) is 4.90 Å². The summed E-state index contributed by atoms with van der Waals surface area (Å²) < 4.78 is 0. The third-order valence-electron chi connectivity index (χ3n) is 5.46. The maximum absolute atomic E-state index is 5.48. The first kappa shape index (κ1) is 28.9. The average Bonchev–Trinajstić information content (AvgIpc) is 3.31. The van der Waals surface area contributed by atoms with Crippen LogP contribution >= 0.6 is 0 Å². The molecular weight excluding hydrogens is 422 g/mol. The first-order valence-electron chi connectivity index (χ1n) is 11.6. The van der Waals surface area contributed by atoms with Gasteiger partial charge in [-0.05, 0) is 37.6 Å². The van der Waals surface area contributed by atoms with E-state index in [0.29, 0.717) is 31.4 Å². The van der Waals surface area contributed by atoms with Crippen molar-refractivity contribution in [3.05, 3.63) is 109 Å². The Morgan fingerprint density at radius 2 is 1.68 bits per heavy atom. The van der Waals surface area contributed by atoms with Gasteiger partial charge >= 0.3 is 0 Å². The topological polar surface area (TPSA) is 123 Å². The highest BCUT2D eigenvalue weighted by molar-refractivity contribution is 5.16. The molecule has 0 aliphatic carbocycles. The normalized spacial score (nSPS) is 15.3. The van der Waals surface area contributed by atoms with Gasteiger partial charge in [0.05, 0.1) is 12.2 Å². The fourth-order valence-corrected chi connectivity index (χ4v) is 3.43. The van der Waals surface area contributed by atoms with Gasteiger partial charge < -0.3 is 27.5 Å². The molecule has 1 saturated heterocycles. The molecular formula is C27H43N7. The SMILES string of the molecule is C=C(NCc1ccccc1)C1CCCN1C.C=CCN(N)/C(=C\N)CN.NCc1ccccc1. The maximum Gasteiger partial charge on any atom is 0.0585 e. The summed E-state index contributed by atoms with van der Waals surface area (Å²) in [6.45, 7) is 11.3. The van der Waals surface area contributed by atoms with E-state index in [2.05, 4.69) is 54.7 Å². The van der Waals surface area contributed by atoms with Gasteiger partial charge in [-0.2, -0.15) is 0 Å². The molecule has 1 atom stereocenters. The van der Waals surface area contributed by atoms with E-state index in [1.54, 1.807) is 6.08 Å². The Labute approximate surface area is 205 Å². The monoisotopic (exact) mass is 465 g/mol. The number of hydrogen-bond acceptors (Lipinski definition) is 7. The summed E-state index contributed by atoms with van der Waals surface area (Å²) >= 11 is 0. The molecule has 1 aliphatic rings. The molecule has 3 rings (SSSR count). The minimum absolute atomic E-state index is 0.348. The third-order valence-corrected chi connectivity index (χ3v) is 5.46. The molecule has 1 heterocycles. The number of likely N-dealkylation sites (tertiary alicyclic amines) is 1. The lowest BCUT2D eigenvalue weighted by molar-refractivity contribution is 0.334. The molecule has 2 aromatic rings. The summed E-state index contributed by atoms with van der Waals surface area (Å²) in [5.41, 5.74) is 20.2. The molecule has 2 aromatic carbocycles. The van der Waals surface area contributed by atoms with Gasteiger partial charge in [0, 0.05) is 37.6 Å². The molecule has 186 valence electrons. The fraction of sp³-hybridized carbons (Fsp3) is 0.333. The molecule has 0 radical (unpaired) electrons. The van der Waals surface area contributed by atoms with Crippen molar-refractivity contribution in [2.24, 2.45) is 23.0 Å². The summed E-state index contributed by atoms with van der Waals surface area (Å²) in [7, 11) is 2.17. The molecule has 1 fully saturated rings. The highest BCUT2D eigenvalue weighted by Gasteiger charge is 2.22. The third kappa shape index (κ3) is 11.2. The molecule has 7 nitrogen and oxygen atoms in total. The molecule has 1 aliphatic heterocycles. The summed E-state index contributed by atoms with van der Waals surface area (Å²) in [6, 6.07) is 21.0. The van der Waals surface area contributed by atoms with Crippen molar-refractivity contribution in [1.29, 1.82) is 0 Å². The van der Waals surface area contributed by atoms with Crippen LogP contribution in [0.25, 0.3) is 0 Å². The van der Waals surface area contributed by atoms with Crippen molar-refractivity contribution in [3.63, 3.8) is 0 Å². The number of nitrogens with two attached hydrogens (primary N) is 4. The van der Waals surface area contributed by atoms with E-state index in [1.165, 1.54) is 41.7 Å². The molecule has 7 heteroatoms. The standard InChI is InChI=1S/C14H20N2.C7H9N.C6H14N4/c1-12(14-9-6-10-16(14)2)15-11-13-7-4-3-5-8-13;8-6-7-4-2-1-3-5-7;1-2-3-10(9)6(4-7)5-8/h3-5,7-8,14-15H,1,6,9-11H2,2H3;1-5H,6,8H2;2,4H,1,3,5,7-9H2/b;;6-4-. The van der Waals surface area contributed by atoms with E-state index in [-0.39, 0.29) is 0 Å². The van der Waals surface area contributed by atoms with E-state index in [9.17, 15) is 0 Å². The number of hydrazine groups is 1. The van der Waals surface area contributed by atoms with Crippen LogP contribution in [0.4, 0.5) is 0 Å². The Morgan fingerprint density at radius 3 is 2.09 bits per heavy atom. The number of benzene rings is 2. The lowest BCUT2D eigenvalue weighted by atomic mass is 10.1. The molecule has 1 unspecified atom stereocenters. The molecule has 0 spiro atoms. The van der Waals surface area contributed by atoms with Crippen LogP contribution in [0.15, 0.2) is 97.5 Å². The van der Waals surface area contributed by atoms with Crippen LogP contribution < -0.4 is 28.4 Å². The highest BCUT2D eigenvalue weighted by Crippen LogP contribution is 2.19. The Kier molecular flexibility index (Phi) is 14.8. The van der Waals surface area contributed by atoms with Crippen LogP contribution in [0.2, 0.25) is 0 Å². The number of hydrogen-bond donors (Lipinski definition) is 5. The smallest absolute Gasteiger partial charge is 0.0585 e. The van der Waals surface area contributed by atoms with E-state index < -0.39 is 0 Å². The van der Waals surface area contributed by atoms with E-state index in [1.807, 2.05) is 36.4 Å².